The van der Waals surface area contributed by atoms with Crippen LogP contribution in [0.25, 0.3) is 11.1 Å². The normalized spacial score (nSPS) is 11.3. The second kappa shape index (κ2) is 4.69. The third-order valence-corrected chi connectivity index (χ3v) is 2.94. The Kier molecular flexibility index (Phi) is 3.24. The molecule has 0 fully saturated rings. The monoisotopic (exact) mass is 248 g/mol. The lowest BCUT2D eigenvalue weighted by Gasteiger charge is -2.03. The van der Waals surface area contributed by atoms with Crippen LogP contribution in [0.4, 0.5) is 13.2 Å². The summed E-state index contributed by atoms with van der Waals surface area (Å²) < 4.78 is 39.7. The second-order valence-electron chi connectivity index (χ2n) is 3.85. The van der Waals surface area contributed by atoms with Gasteiger partial charge in [0, 0.05) is 12.0 Å². The van der Waals surface area contributed by atoms with Crippen LogP contribution >= 0.6 is 0 Å². The summed E-state index contributed by atoms with van der Waals surface area (Å²) in [4.78, 5) is 0. The topological polar surface area (TPSA) is 0 Å². The molecule has 0 N–H and O–H groups in total. The molecule has 0 radical (unpaired) electrons. The first-order valence-electron chi connectivity index (χ1n) is 5.43. The summed E-state index contributed by atoms with van der Waals surface area (Å²) in [6.45, 7) is 6.00. The lowest BCUT2D eigenvalue weighted by molar-refractivity contribution is 0.443. The predicted molar refractivity (Wildman–Crippen MR) is 65.8 cm³/mol. The van der Waals surface area contributed by atoms with Gasteiger partial charge in [0.05, 0.1) is 0 Å². The standard InChI is InChI=1S/C13H7F3.C2H4/c14-11-6-9-8-4-2-1-3-7(8)5-10(9)12(15)13(11)16;1-2/h1-4,6H,5H2;1-2H2. The molecule has 3 heteroatoms. The molecule has 18 heavy (non-hydrogen) atoms. The van der Waals surface area contributed by atoms with Gasteiger partial charge in [0.25, 0.3) is 0 Å². The molecular formula is C15H11F3. The maximum atomic E-state index is 13.5. The highest BCUT2D eigenvalue weighted by Gasteiger charge is 2.25. The number of hydrogen-bond donors (Lipinski definition) is 0. The highest BCUT2D eigenvalue weighted by Crippen LogP contribution is 2.39. The van der Waals surface area contributed by atoms with Crippen molar-refractivity contribution in [2.45, 2.75) is 6.42 Å². The van der Waals surface area contributed by atoms with E-state index in [1.807, 2.05) is 12.1 Å². The zero-order chi connectivity index (χ0) is 13.3. The van der Waals surface area contributed by atoms with E-state index in [1.165, 1.54) is 0 Å². The number of hydrogen-bond acceptors (Lipinski definition) is 0. The SMILES string of the molecule is C=C.Fc1cc2c(c(F)c1F)Cc1ccccc1-2. The summed E-state index contributed by atoms with van der Waals surface area (Å²) >= 11 is 0. The van der Waals surface area contributed by atoms with Crippen molar-refractivity contribution >= 4 is 0 Å². The van der Waals surface area contributed by atoms with E-state index >= 15 is 0 Å². The number of benzene rings is 2. The van der Waals surface area contributed by atoms with Crippen LogP contribution in [0.15, 0.2) is 43.5 Å². The Morgan fingerprint density at radius 2 is 1.56 bits per heavy atom. The summed E-state index contributed by atoms with van der Waals surface area (Å²) in [5.41, 5.74) is 2.41. The molecule has 2 aromatic rings. The van der Waals surface area contributed by atoms with E-state index in [9.17, 15) is 13.2 Å². The van der Waals surface area contributed by atoms with Crippen molar-refractivity contribution in [3.8, 4) is 11.1 Å². The molecule has 2 aromatic carbocycles. The lowest BCUT2D eigenvalue weighted by atomic mass is 10.1. The molecule has 0 bridgehead atoms. The number of rotatable bonds is 0. The van der Waals surface area contributed by atoms with Gasteiger partial charge < -0.3 is 0 Å². The molecule has 0 heterocycles. The van der Waals surface area contributed by atoms with Gasteiger partial charge in [-0.2, -0.15) is 0 Å². The Bertz CT molecular complexity index is 603. The number of halogens is 3. The van der Waals surface area contributed by atoms with Crippen LogP contribution in [-0.2, 0) is 6.42 Å². The van der Waals surface area contributed by atoms with E-state index in [0.717, 1.165) is 17.2 Å². The Hall–Kier alpha value is -2.03. The Labute approximate surface area is 103 Å². The molecule has 0 aromatic heterocycles. The summed E-state index contributed by atoms with van der Waals surface area (Å²) in [6.07, 6.45) is 0.328. The van der Waals surface area contributed by atoms with Crippen molar-refractivity contribution in [1.82, 2.24) is 0 Å². The zero-order valence-corrected chi connectivity index (χ0v) is 9.64. The first-order chi connectivity index (χ1) is 8.68. The quantitative estimate of drug-likeness (QED) is 0.406. The van der Waals surface area contributed by atoms with Gasteiger partial charge in [0.15, 0.2) is 17.5 Å². The second-order valence-corrected chi connectivity index (χ2v) is 3.85. The van der Waals surface area contributed by atoms with Gasteiger partial charge in [-0.05, 0) is 22.8 Å². The summed E-state index contributed by atoms with van der Waals surface area (Å²) in [5.74, 6) is -3.58. The predicted octanol–water partition coefficient (Wildman–Crippen LogP) is 4.48. The van der Waals surface area contributed by atoms with Gasteiger partial charge in [0.1, 0.15) is 0 Å². The van der Waals surface area contributed by atoms with Gasteiger partial charge in [-0.3, -0.25) is 0 Å². The average Bonchev–Trinajstić information content (AvgIpc) is 2.78. The van der Waals surface area contributed by atoms with Crippen LogP contribution in [0.5, 0.6) is 0 Å². The van der Waals surface area contributed by atoms with Crippen molar-refractivity contribution in [3.63, 3.8) is 0 Å². The van der Waals surface area contributed by atoms with E-state index in [1.54, 1.807) is 12.1 Å². The Balaban J connectivity index is 0.000000574. The Morgan fingerprint density at radius 1 is 0.889 bits per heavy atom. The molecule has 0 nitrogen and oxygen atoms in total. The first kappa shape index (κ1) is 12.4. The summed E-state index contributed by atoms with van der Waals surface area (Å²) in [5, 5.41) is 0. The third-order valence-electron chi connectivity index (χ3n) is 2.94. The Morgan fingerprint density at radius 3 is 2.28 bits per heavy atom. The van der Waals surface area contributed by atoms with Crippen LogP contribution in [0.1, 0.15) is 11.1 Å². The van der Waals surface area contributed by atoms with Gasteiger partial charge in [-0.15, -0.1) is 13.2 Å². The van der Waals surface area contributed by atoms with Crippen molar-refractivity contribution in [1.29, 1.82) is 0 Å². The van der Waals surface area contributed by atoms with Crippen molar-refractivity contribution in [2.75, 3.05) is 0 Å². The van der Waals surface area contributed by atoms with Gasteiger partial charge in [-0.25, -0.2) is 13.2 Å². The summed E-state index contributed by atoms with van der Waals surface area (Å²) in [6, 6.07) is 8.32. The maximum Gasteiger partial charge on any atom is 0.194 e. The fraction of sp³-hybridized carbons (Fsp3) is 0.0667. The molecule has 0 aliphatic heterocycles. The molecule has 0 amide bonds. The molecule has 0 spiro atoms. The van der Waals surface area contributed by atoms with E-state index < -0.39 is 17.5 Å². The molecule has 0 saturated heterocycles. The van der Waals surface area contributed by atoms with Crippen molar-refractivity contribution in [3.05, 3.63) is 72.1 Å². The van der Waals surface area contributed by atoms with Crippen LogP contribution in [0.2, 0.25) is 0 Å². The smallest absolute Gasteiger partial charge is 0.194 e. The minimum Gasteiger partial charge on any atom is -0.204 e. The largest absolute Gasteiger partial charge is 0.204 e. The maximum absolute atomic E-state index is 13.5. The van der Waals surface area contributed by atoms with Crippen LogP contribution in [-0.4, -0.2) is 0 Å². The molecule has 92 valence electrons. The van der Waals surface area contributed by atoms with E-state index in [-0.39, 0.29) is 5.56 Å². The minimum absolute atomic E-state index is 0.250. The van der Waals surface area contributed by atoms with Crippen LogP contribution in [0, 0.1) is 17.5 Å². The average molecular weight is 248 g/mol. The molecule has 1 aliphatic carbocycles. The van der Waals surface area contributed by atoms with Crippen molar-refractivity contribution in [2.24, 2.45) is 0 Å². The molecule has 0 atom stereocenters. The van der Waals surface area contributed by atoms with E-state index in [0.29, 0.717) is 12.0 Å². The summed E-state index contributed by atoms with van der Waals surface area (Å²) in [7, 11) is 0. The molecular weight excluding hydrogens is 237 g/mol. The van der Waals surface area contributed by atoms with Gasteiger partial charge in [0.2, 0.25) is 0 Å². The first-order valence-corrected chi connectivity index (χ1v) is 5.43. The molecule has 0 saturated carbocycles. The van der Waals surface area contributed by atoms with E-state index in [4.69, 9.17) is 0 Å². The highest BCUT2D eigenvalue weighted by atomic mass is 19.2. The lowest BCUT2D eigenvalue weighted by Crippen LogP contribution is -1.96. The fourth-order valence-electron chi connectivity index (χ4n) is 2.17. The number of fused-ring (bicyclic) bond motifs is 3. The van der Waals surface area contributed by atoms with Crippen LogP contribution in [0.3, 0.4) is 0 Å². The van der Waals surface area contributed by atoms with E-state index in [2.05, 4.69) is 13.2 Å². The molecule has 0 unspecified atom stereocenters. The van der Waals surface area contributed by atoms with Crippen LogP contribution < -0.4 is 0 Å². The fourth-order valence-corrected chi connectivity index (χ4v) is 2.17. The van der Waals surface area contributed by atoms with Gasteiger partial charge in [-0.1, -0.05) is 24.3 Å². The van der Waals surface area contributed by atoms with Gasteiger partial charge >= 0.3 is 0 Å². The highest BCUT2D eigenvalue weighted by molar-refractivity contribution is 5.76. The molecule has 3 rings (SSSR count). The molecule has 1 aliphatic rings. The third kappa shape index (κ3) is 1.72. The van der Waals surface area contributed by atoms with Crippen molar-refractivity contribution < 1.29 is 13.2 Å². The zero-order valence-electron chi connectivity index (χ0n) is 9.64. The minimum atomic E-state index is -1.38.